The molecular formula is C23H25N3O4. The summed E-state index contributed by atoms with van der Waals surface area (Å²) in [4.78, 5) is 26.9. The largest absolute Gasteiger partial charge is 0.483 e. The molecule has 2 aliphatic rings. The molecule has 1 atom stereocenters. The van der Waals surface area contributed by atoms with Gasteiger partial charge < -0.3 is 14.1 Å². The van der Waals surface area contributed by atoms with Crippen LogP contribution >= 0.6 is 0 Å². The number of ether oxygens (including phenoxy) is 1. The maximum Gasteiger partial charge on any atom is 0.339 e. The molecule has 1 aliphatic carbocycles. The van der Waals surface area contributed by atoms with E-state index in [1.807, 2.05) is 30.0 Å². The van der Waals surface area contributed by atoms with Crippen molar-refractivity contribution in [2.75, 3.05) is 19.7 Å². The van der Waals surface area contributed by atoms with Crippen molar-refractivity contribution in [3.63, 3.8) is 0 Å². The number of rotatable bonds is 4. The van der Waals surface area contributed by atoms with Crippen molar-refractivity contribution in [1.29, 1.82) is 0 Å². The third kappa shape index (κ3) is 3.28. The van der Waals surface area contributed by atoms with Gasteiger partial charge in [0, 0.05) is 47.4 Å². The van der Waals surface area contributed by atoms with Crippen molar-refractivity contribution in [2.45, 2.75) is 44.9 Å². The molecule has 7 nitrogen and oxygen atoms in total. The number of aromatic nitrogens is 2. The molecule has 1 aromatic carbocycles. The van der Waals surface area contributed by atoms with Gasteiger partial charge >= 0.3 is 5.63 Å². The number of H-pyrrole nitrogens is 1. The second-order valence-corrected chi connectivity index (χ2v) is 8.25. The molecule has 7 heteroatoms. The van der Waals surface area contributed by atoms with E-state index in [-0.39, 0.29) is 18.1 Å². The fourth-order valence-corrected chi connectivity index (χ4v) is 4.75. The lowest BCUT2D eigenvalue weighted by Gasteiger charge is -2.19. The number of amides is 1. The number of hydrogen-bond acceptors (Lipinski definition) is 5. The van der Waals surface area contributed by atoms with E-state index in [1.54, 1.807) is 6.20 Å². The van der Waals surface area contributed by atoms with E-state index in [0.717, 1.165) is 59.9 Å². The quantitative estimate of drug-likeness (QED) is 0.672. The number of aromatic amines is 1. The van der Waals surface area contributed by atoms with Crippen LogP contribution in [-0.2, 0) is 17.6 Å². The zero-order valence-electron chi connectivity index (χ0n) is 17.1. The predicted octanol–water partition coefficient (Wildman–Crippen LogP) is 3.10. The van der Waals surface area contributed by atoms with Gasteiger partial charge in [0.15, 0.2) is 6.61 Å². The summed E-state index contributed by atoms with van der Waals surface area (Å²) in [6.45, 7) is 3.23. The number of fused-ring (bicyclic) bond motifs is 3. The zero-order valence-corrected chi connectivity index (χ0v) is 17.1. The van der Waals surface area contributed by atoms with Crippen molar-refractivity contribution in [2.24, 2.45) is 0 Å². The summed E-state index contributed by atoms with van der Waals surface area (Å²) in [7, 11) is 0. The second-order valence-electron chi connectivity index (χ2n) is 8.25. The fraction of sp³-hybridized carbons (Fsp3) is 0.435. The normalized spacial score (nSPS) is 18.6. The molecule has 3 aromatic rings. The minimum atomic E-state index is -0.240. The summed E-state index contributed by atoms with van der Waals surface area (Å²) in [6, 6.07) is 5.80. The molecule has 1 saturated heterocycles. The minimum Gasteiger partial charge on any atom is -0.483 e. The zero-order chi connectivity index (χ0) is 20.7. The van der Waals surface area contributed by atoms with E-state index in [1.165, 1.54) is 0 Å². The molecule has 3 heterocycles. The van der Waals surface area contributed by atoms with Crippen LogP contribution in [0.2, 0.25) is 0 Å². The molecule has 2 aromatic heterocycles. The molecule has 1 N–H and O–H groups in total. The maximum absolute atomic E-state index is 12.7. The molecule has 1 fully saturated rings. The van der Waals surface area contributed by atoms with Crippen molar-refractivity contribution in [3.8, 4) is 5.75 Å². The van der Waals surface area contributed by atoms with Gasteiger partial charge in [-0.05, 0) is 62.8 Å². The Morgan fingerprint density at radius 2 is 2.10 bits per heavy atom. The van der Waals surface area contributed by atoms with Crippen LogP contribution < -0.4 is 10.4 Å². The van der Waals surface area contributed by atoms with E-state index in [9.17, 15) is 9.59 Å². The molecule has 30 heavy (non-hydrogen) atoms. The molecule has 156 valence electrons. The number of aryl methyl sites for hydroxylation is 2. The van der Waals surface area contributed by atoms with Gasteiger partial charge in [-0.25, -0.2) is 4.79 Å². The first kappa shape index (κ1) is 18.9. The van der Waals surface area contributed by atoms with Crippen LogP contribution in [0.4, 0.5) is 0 Å². The number of nitrogens with zero attached hydrogens (tertiary/aromatic N) is 2. The van der Waals surface area contributed by atoms with Crippen LogP contribution in [0.1, 0.15) is 47.6 Å². The summed E-state index contributed by atoms with van der Waals surface area (Å²) < 4.78 is 11.5. The molecule has 1 amide bonds. The van der Waals surface area contributed by atoms with Crippen molar-refractivity contribution in [1.82, 2.24) is 15.1 Å². The Bertz CT molecular complexity index is 1150. The minimum absolute atomic E-state index is 0.0305. The van der Waals surface area contributed by atoms with Crippen LogP contribution in [0.25, 0.3) is 11.0 Å². The van der Waals surface area contributed by atoms with Crippen LogP contribution in [0.3, 0.4) is 0 Å². The third-order valence-electron chi connectivity index (χ3n) is 6.44. The van der Waals surface area contributed by atoms with Gasteiger partial charge in [-0.2, -0.15) is 5.10 Å². The highest BCUT2D eigenvalue weighted by Gasteiger charge is 2.28. The average molecular weight is 407 g/mol. The van der Waals surface area contributed by atoms with Gasteiger partial charge in [0.2, 0.25) is 0 Å². The summed E-state index contributed by atoms with van der Waals surface area (Å²) in [5.41, 5.74) is 4.09. The Hall–Kier alpha value is -3.09. The van der Waals surface area contributed by atoms with E-state index >= 15 is 0 Å². The molecular weight excluding hydrogens is 382 g/mol. The monoisotopic (exact) mass is 407 g/mol. The number of benzene rings is 1. The average Bonchev–Trinajstić information content (AvgIpc) is 3.46. The van der Waals surface area contributed by atoms with Crippen LogP contribution in [0.5, 0.6) is 5.75 Å². The first-order valence-electron chi connectivity index (χ1n) is 10.6. The molecule has 1 aliphatic heterocycles. The van der Waals surface area contributed by atoms with E-state index < -0.39 is 0 Å². The number of nitrogens with one attached hydrogen (secondary N) is 1. The Labute approximate surface area is 174 Å². The summed E-state index contributed by atoms with van der Waals surface area (Å²) in [5.74, 6) is 0.835. The number of carbonyl (C=O) groups excluding carboxylic acids is 1. The number of carbonyl (C=O) groups is 1. The summed E-state index contributed by atoms with van der Waals surface area (Å²) in [5, 5.41) is 7.98. The number of hydrogen-bond donors (Lipinski definition) is 1. The SMILES string of the molecule is Cc1c(OCC(=O)N2CCC(c3ccn[nH]3)C2)ccc2c3c(c(=O)oc12)CCCC3. The lowest BCUT2D eigenvalue weighted by atomic mass is 9.90. The van der Waals surface area contributed by atoms with Crippen molar-refractivity contribution < 1.29 is 13.9 Å². The van der Waals surface area contributed by atoms with E-state index in [0.29, 0.717) is 30.3 Å². The van der Waals surface area contributed by atoms with Gasteiger partial charge in [0.25, 0.3) is 5.91 Å². The first-order chi connectivity index (χ1) is 14.6. The summed E-state index contributed by atoms with van der Waals surface area (Å²) >= 11 is 0. The fourth-order valence-electron chi connectivity index (χ4n) is 4.75. The Balaban J connectivity index is 1.32. The molecule has 0 saturated carbocycles. The summed E-state index contributed by atoms with van der Waals surface area (Å²) in [6.07, 6.45) is 6.47. The lowest BCUT2D eigenvalue weighted by molar-refractivity contribution is -0.132. The second kappa shape index (κ2) is 7.63. The molecule has 0 spiro atoms. The standard InChI is InChI=1S/C23H25N3O4/c1-14-20(7-6-17-16-4-2-3-5-18(16)23(28)30-22(14)17)29-13-21(27)26-11-9-15(12-26)19-8-10-24-25-19/h6-8,10,15H,2-5,9,11-13H2,1H3,(H,24,25). The van der Waals surface area contributed by atoms with E-state index in [4.69, 9.17) is 9.15 Å². The van der Waals surface area contributed by atoms with Gasteiger partial charge in [-0.1, -0.05) is 0 Å². The molecule has 0 bridgehead atoms. The first-order valence-corrected chi connectivity index (χ1v) is 10.6. The van der Waals surface area contributed by atoms with E-state index in [2.05, 4.69) is 10.2 Å². The van der Waals surface area contributed by atoms with Gasteiger partial charge in [-0.3, -0.25) is 9.89 Å². The van der Waals surface area contributed by atoms with Crippen LogP contribution in [-0.4, -0.2) is 40.7 Å². The molecule has 5 rings (SSSR count). The maximum atomic E-state index is 12.7. The highest BCUT2D eigenvalue weighted by molar-refractivity contribution is 5.86. The number of likely N-dealkylation sites (tertiary alicyclic amines) is 1. The molecule has 1 unspecified atom stereocenters. The van der Waals surface area contributed by atoms with Gasteiger partial charge in [0.1, 0.15) is 11.3 Å². The third-order valence-corrected chi connectivity index (χ3v) is 6.44. The van der Waals surface area contributed by atoms with Crippen LogP contribution in [0.15, 0.2) is 33.6 Å². The predicted molar refractivity (Wildman–Crippen MR) is 112 cm³/mol. The Morgan fingerprint density at radius 3 is 2.90 bits per heavy atom. The topological polar surface area (TPSA) is 88.4 Å². The van der Waals surface area contributed by atoms with Crippen LogP contribution in [0, 0.1) is 6.92 Å². The van der Waals surface area contributed by atoms with Crippen molar-refractivity contribution in [3.05, 3.63) is 57.2 Å². The van der Waals surface area contributed by atoms with Crippen molar-refractivity contribution >= 4 is 16.9 Å². The Kier molecular flexibility index (Phi) is 4.81. The van der Waals surface area contributed by atoms with Gasteiger partial charge in [0.05, 0.1) is 0 Å². The lowest BCUT2D eigenvalue weighted by Crippen LogP contribution is -2.33. The molecule has 0 radical (unpaired) electrons. The smallest absolute Gasteiger partial charge is 0.339 e. The highest BCUT2D eigenvalue weighted by atomic mass is 16.5. The highest BCUT2D eigenvalue weighted by Crippen LogP contribution is 2.32. The Morgan fingerprint density at radius 1 is 1.27 bits per heavy atom. The van der Waals surface area contributed by atoms with Gasteiger partial charge in [-0.15, -0.1) is 0 Å².